The topological polar surface area (TPSA) is 46.3 Å². The number of rotatable bonds is 2. The zero-order valence-electron chi connectivity index (χ0n) is 10.2. The fourth-order valence-corrected chi connectivity index (χ4v) is 3.04. The number of nitrogens with zero attached hydrogens (tertiary/aromatic N) is 1. The van der Waals surface area contributed by atoms with Crippen LogP contribution in [0.1, 0.15) is 30.0 Å². The van der Waals surface area contributed by atoms with Crippen molar-refractivity contribution < 1.29 is 4.79 Å². The van der Waals surface area contributed by atoms with Gasteiger partial charge in [-0.05, 0) is 42.9 Å². The summed E-state index contributed by atoms with van der Waals surface area (Å²) in [4.78, 5) is 13.8. The second-order valence-electron chi connectivity index (χ2n) is 5.27. The standard InChI is InChI=1S/C14H18N2O/c1-9(15)5-10-6-11-3-2-4-16-13(17)8-12(7-10)14(11)16/h6-7,9H,2-5,8,15H2,1H3. The molecule has 3 nitrogen and oxygen atoms in total. The molecule has 3 rings (SSSR count). The molecule has 3 heteroatoms. The van der Waals surface area contributed by atoms with E-state index in [1.807, 2.05) is 11.8 Å². The van der Waals surface area contributed by atoms with E-state index in [1.54, 1.807) is 0 Å². The zero-order chi connectivity index (χ0) is 12.0. The van der Waals surface area contributed by atoms with Crippen LogP contribution in [0.5, 0.6) is 0 Å². The molecule has 90 valence electrons. The highest BCUT2D eigenvalue weighted by Crippen LogP contribution is 2.37. The summed E-state index contributed by atoms with van der Waals surface area (Å²) in [5.74, 6) is 0.263. The molecule has 0 saturated heterocycles. The fraction of sp³-hybridized carbons (Fsp3) is 0.500. The summed E-state index contributed by atoms with van der Waals surface area (Å²) < 4.78 is 0. The van der Waals surface area contributed by atoms with Crippen molar-refractivity contribution in [2.75, 3.05) is 11.4 Å². The predicted molar refractivity (Wildman–Crippen MR) is 68.2 cm³/mol. The first kappa shape index (κ1) is 10.8. The van der Waals surface area contributed by atoms with E-state index in [4.69, 9.17) is 5.73 Å². The number of nitrogens with two attached hydrogens (primary N) is 1. The van der Waals surface area contributed by atoms with Crippen LogP contribution in [0.25, 0.3) is 0 Å². The first-order chi connectivity index (χ1) is 8.15. The van der Waals surface area contributed by atoms with Crippen LogP contribution in [0.3, 0.4) is 0 Å². The molecular weight excluding hydrogens is 212 g/mol. The average Bonchev–Trinajstić information content (AvgIpc) is 2.56. The van der Waals surface area contributed by atoms with Gasteiger partial charge in [-0.25, -0.2) is 0 Å². The van der Waals surface area contributed by atoms with Crippen molar-refractivity contribution in [1.29, 1.82) is 0 Å². The third-order valence-corrected chi connectivity index (χ3v) is 3.63. The van der Waals surface area contributed by atoms with Crippen molar-refractivity contribution in [3.05, 3.63) is 28.8 Å². The van der Waals surface area contributed by atoms with Gasteiger partial charge in [0.25, 0.3) is 0 Å². The Morgan fingerprint density at radius 2 is 2.18 bits per heavy atom. The summed E-state index contributed by atoms with van der Waals surface area (Å²) >= 11 is 0. The molecule has 2 N–H and O–H groups in total. The molecule has 1 amide bonds. The summed E-state index contributed by atoms with van der Waals surface area (Å²) in [6.45, 7) is 2.92. The van der Waals surface area contributed by atoms with Gasteiger partial charge in [0.2, 0.25) is 5.91 Å². The molecule has 0 radical (unpaired) electrons. The van der Waals surface area contributed by atoms with Gasteiger partial charge in [0, 0.05) is 12.6 Å². The summed E-state index contributed by atoms with van der Waals surface area (Å²) in [5, 5.41) is 0. The van der Waals surface area contributed by atoms with Gasteiger partial charge in [0.15, 0.2) is 0 Å². The van der Waals surface area contributed by atoms with Gasteiger partial charge < -0.3 is 10.6 Å². The molecule has 0 fully saturated rings. The Labute approximate surface area is 102 Å². The number of anilines is 1. The van der Waals surface area contributed by atoms with Crippen molar-refractivity contribution in [2.24, 2.45) is 5.73 Å². The first-order valence-corrected chi connectivity index (χ1v) is 6.36. The Morgan fingerprint density at radius 3 is 2.94 bits per heavy atom. The minimum atomic E-state index is 0.178. The molecular formula is C14H18N2O. The van der Waals surface area contributed by atoms with E-state index in [0.717, 1.165) is 25.8 Å². The largest absolute Gasteiger partial charge is 0.328 e. The van der Waals surface area contributed by atoms with Crippen LogP contribution in [0.2, 0.25) is 0 Å². The van der Waals surface area contributed by atoms with E-state index in [1.165, 1.54) is 22.4 Å². The predicted octanol–water partition coefficient (Wildman–Crippen LogP) is 1.41. The molecule has 2 heterocycles. The molecule has 0 saturated carbocycles. The smallest absolute Gasteiger partial charge is 0.231 e. The lowest BCUT2D eigenvalue weighted by molar-refractivity contribution is -0.117. The average molecular weight is 230 g/mol. The Bertz CT molecular complexity index is 479. The highest BCUT2D eigenvalue weighted by Gasteiger charge is 2.32. The van der Waals surface area contributed by atoms with E-state index in [0.29, 0.717) is 6.42 Å². The maximum Gasteiger partial charge on any atom is 0.231 e. The lowest BCUT2D eigenvalue weighted by Crippen LogP contribution is -2.31. The van der Waals surface area contributed by atoms with E-state index in [9.17, 15) is 4.79 Å². The Morgan fingerprint density at radius 1 is 1.41 bits per heavy atom. The van der Waals surface area contributed by atoms with E-state index in [-0.39, 0.29) is 11.9 Å². The number of hydrogen-bond acceptors (Lipinski definition) is 2. The van der Waals surface area contributed by atoms with E-state index in [2.05, 4.69) is 12.1 Å². The monoisotopic (exact) mass is 230 g/mol. The van der Waals surface area contributed by atoms with Crippen molar-refractivity contribution in [1.82, 2.24) is 0 Å². The molecule has 2 aliphatic rings. The minimum Gasteiger partial charge on any atom is -0.328 e. The molecule has 17 heavy (non-hydrogen) atoms. The third-order valence-electron chi connectivity index (χ3n) is 3.63. The lowest BCUT2D eigenvalue weighted by atomic mass is 9.95. The van der Waals surface area contributed by atoms with E-state index < -0.39 is 0 Å². The van der Waals surface area contributed by atoms with Crippen molar-refractivity contribution >= 4 is 11.6 Å². The Balaban J connectivity index is 2.05. The zero-order valence-corrected chi connectivity index (χ0v) is 10.2. The summed E-state index contributed by atoms with van der Waals surface area (Å²) in [5.41, 5.74) is 10.9. The summed E-state index contributed by atoms with van der Waals surface area (Å²) in [6, 6.07) is 4.59. The van der Waals surface area contributed by atoms with Gasteiger partial charge in [-0.2, -0.15) is 0 Å². The van der Waals surface area contributed by atoms with Gasteiger partial charge >= 0.3 is 0 Å². The number of aryl methyl sites for hydroxylation is 1. The number of hydrogen-bond donors (Lipinski definition) is 1. The molecule has 0 aromatic heterocycles. The van der Waals surface area contributed by atoms with Crippen LogP contribution < -0.4 is 10.6 Å². The van der Waals surface area contributed by atoms with Crippen molar-refractivity contribution in [3.8, 4) is 0 Å². The van der Waals surface area contributed by atoms with Gasteiger partial charge in [-0.3, -0.25) is 4.79 Å². The molecule has 2 aliphatic heterocycles. The Kier molecular flexibility index (Phi) is 2.44. The van der Waals surface area contributed by atoms with Crippen LogP contribution in [0.15, 0.2) is 12.1 Å². The van der Waals surface area contributed by atoms with Gasteiger partial charge in [0.1, 0.15) is 0 Å². The Hall–Kier alpha value is -1.35. The van der Waals surface area contributed by atoms with Gasteiger partial charge in [-0.15, -0.1) is 0 Å². The second-order valence-corrected chi connectivity index (χ2v) is 5.27. The van der Waals surface area contributed by atoms with Crippen molar-refractivity contribution in [3.63, 3.8) is 0 Å². The van der Waals surface area contributed by atoms with Crippen LogP contribution in [-0.4, -0.2) is 18.5 Å². The maximum absolute atomic E-state index is 11.9. The SMILES string of the molecule is CC(N)Cc1cc2c3c(c1)CC(=O)N3CCC2. The van der Waals surface area contributed by atoms with Crippen LogP contribution >= 0.6 is 0 Å². The fourth-order valence-electron chi connectivity index (χ4n) is 3.04. The molecule has 0 aliphatic carbocycles. The number of benzene rings is 1. The van der Waals surface area contributed by atoms with Crippen LogP contribution in [0.4, 0.5) is 5.69 Å². The number of carbonyl (C=O) groups is 1. The maximum atomic E-state index is 11.9. The number of carbonyl (C=O) groups excluding carboxylic acids is 1. The normalized spacial score (nSPS) is 19.4. The summed E-state index contributed by atoms with van der Waals surface area (Å²) in [7, 11) is 0. The molecule has 0 spiro atoms. The highest BCUT2D eigenvalue weighted by atomic mass is 16.2. The highest BCUT2D eigenvalue weighted by molar-refractivity contribution is 6.02. The van der Waals surface area contributed by atoms with Crippen LogP contribution in [-0.2, 0) is 24.1 Å². The molecule has 1 aromatic carbocycles. The van der Waals surface area contributed by atoms with Crippen LogP contribution in [0, 0.1) is 0 Å². The number of amides is 1. The lowest BCUT2D eigenvalue weighted by Gasteiger charge is -2.26. The minimum absolute atomic E-state index is 0.178. The quantitative estimate of drug-likeness (QED) is 0.835. The first-order valence-electron chi connectivity index (χ1n) is 6.36. The second kappa shape index (κ2) is 3.84. The molecule has 1 aromatic rings. The van der Waals surface area contributed by atoms with Crippen molar-refractivity contribution in [2.45, 2.75) is 38.6 Å². The molecule has 0 bridgehead atoms. The third kappa shape index (κ3) is 1.75. The van der Waals surface area contributed by atoms with Gasteiger partial charge in [-0.1, -0.05) is 12.1 Å². The van der Waals surface area contributed by atoms with E-state index >= 15 is 0 Å². The molecule has 1 atom stereocenters. The van der Waals surface area contributed by atoms with Gasteiger partial charge in [0.05, 0.1) is 12.1 Å². The molecule has 1 unspecified atom stereocenters. The summed E-state index contributed by atoms with van der Waals surface area (Å²) in [6.07, 6.45) is 3.66.